The number of nitrogens with zero attached hydrogens (tertiary/aromatic N) is 1. The topological polar surface area (TPSA) is 87.1 Å². The molecule has 0 bridgehead atoms. The number of hydrogen-bond acceptors (Lipinski definition) is 4. The Morgan fingerprint density at radius 3 is 2.67 bits per heavy atom. The number of carbonyl (C=O) groups excluding carboxylic acids is 1. The Morgan fingerprint density at radius 1 is 1.11 bits per heavy atom. The zero-order valence-electron chi connectivity index (χ0n) is 19.9. The first kappa shape index (κ1) is 24.9. The van der Waals surface area contributed by atoms with E-state index >= 15 is 0 Å². The van der Waals surface area contributed by atoms with Crippen LogP contribution in [-0.4, -0.2) is 24.0 Å². The molecule has 0 aliphatic rings. The number of nitriles is 1. The number of ether oxygens (including phenoxy) is 2. The molecule has 0 unspecified atom stereocenters. The molecule has 1 heterocycles. The molecule has 0 spiro atoms. The number of benzene rings is 3. The van der Waals surface area contributed by atoms with E-state index in [2.05, 4.69) is 10.3 Å². The minimum Gasteiger partial charge on any atom is -0.490 e. The van der Waals surface area contributed by atoms with Gasteiger partial charge in [-0.2, -0.15) is 5.26 Å². The molecule has 182 valence electrons. The Bertz CT molecular complexity index is 1420. The zero-order chi connectivity index (χ0) is 25.3. The highest BCUT2D eigenvalue weighted by Crippen LogP contribution is 2.38. The lowest BCUT2D eigenvalue weighted by Gasteiger charge is -2.15. The lowest BCUT2D eigenvalue weighted by atomic mass is 10.1. The second-order valence-corrected chi connectivity index (χ2v) is 8.48. The average molecular weight is 500 g/mol. The van der Waals surface area contributed by atoms with Crippen molar-refractivity contribution in [1.82, 2.24) is 10.3 Å². The van der Waals surface area contributed by atoms with Crippen LogP contribution >= 0.6 is 11.6 Å². The van der Waals surface area contributed by atoms with Crippen LogP contribution in [0.15, 0.2) is 78.5 Å². The van der Waals surface area contributed by atoms with Gasteiger partial charge >= 0.3 is 0 Å². The fraction of sp³-hybridized carbons (Fsp3) is 0.172. The van der Waals surface area contributed by atoms with Gasteiger partial charge in [0, 0.05) is 23.6 Å². The summed E-state index contributed by atoms with van der Waals surface area (Å²) in [4.78, 5) is 15.9. The van der Waals surface area contributed by atoms with Gasteiger partial charge in [-0.3, -0.25) is 4.79 Å². The molecule has 0 radical (unpaired) electrons. The van der Waals surface area contributed by atoms with Gasteiger partial charge < -0.3 is 19.8 Å². The third-order valence-corrected chi connectivity index (χ3v) is 5.87. The molecule has 2 N–H and O–H groups in total. The van der Waals surface area contributed by atoms with E-state index in [1.54, 1.807) is 12.1 Å². The Hall–Kier alpha value is -4.21. The number of nitrogens with one attached hydrogen (secondary N) is 2. The summed E-state index contributed by atoms with van der Waals surface area (Å²) in [6.45, 7) is 3.00. The number of rotatable bonds is 10. The van der Waals surface area contributed by atoms with Gasteiger partial charge in [0.15, 0.2) is 11.5 Å². The number of amides is 1. The van der Waals surface area contributed by atoms with Gasteiger partial charge in [0.05, 0.1) is 11.6 Å². The van der Waals surface area contributed by atoms with Gasteiger partial charge in [0.2, 0.25) is 0 Å². The fourth-order valence-electron chi connectivity index (χ4n) is 3.86. The second kappa shape index (κ2) is 12.0. The van der Waals surface area contributed by atoms with E-state index in [1.807, 2.05) is 73.8 Å². The molecule has 4 rings (SSSR count). The van der Waals surface area contributed by atoms with Crippen molar-refractivity contribution in [2.75, 3.05) is 13.2 Å². The molecular formula is C29H26ClN3O3. The molecular weight excluding hydrogens is 474 g/mol. The van der Waals surface area contributed by atoms with Crippen molar-refractivity contribution in [3.63, 3.8) is 0 Å². The molecule has 0 fully saturated rings. The SMILES string of the molecule is CCOc1cc(/C=C(/C#N)C(=O)NCCc2c[nH]c3ccccc23)cc(Cl)c1OCc1ccccc1. The quantitative estimate of drug-likeness (QED) is 0.205. The smallest absolute Gasteiger partial charge is 0.261 e. The molecule has 6 nitrogen and oxygen atoms in total. The zero-order valence-corrected chi connectivity index (χ0v) is 20.6. The predicted octanol–water partition coefficient (Wildman–Crippen LogP) is 6.06. The van der Waals surface area contributed by atoms with Crippen LogP contribution in [0.3, 0.4) is 0 Å². The van der Waals surface area contributed by atoms with E-state index in [0.29, 0.717) is 48.3 Å². The summed E-state index contributed by atoms with van der Waals surface area (Å²) in [7, 11) is 0. The highest BCUT2D eigenvalue weighted by molar-refractivity contribution is 6.32. The number of para-hydroxylation sites is 1. The van der Waals surface area contributed by atoms with Crippen LogP contribution in [0.4, 0.5) is 0 Å². The number of fused-ring (bicyclic) bond motifs is 1. The van der Waals surface area contributed by atoms with Crippen LogP contribution in [-0.2, 0) is 17.8 Å². The molecule has 1 amide bonds. The standard InChI is InChI=1S/C29H26ClN3O3/c1-2-35-27-16-21(15-25(30)28(27)36-19-20-8-4-3-5-9-20)14-23(17-31)29(34)32-13-12-22-18-33-26-11-7-6-10-24(22)26/h3-11,14-16,18,33H,2,12-13,19H2,1H3,(H,32,34)/b23-14-. The van der Waals surface area contributed by atoms with E-state index < -0.39 is 5.91 Å². The predicted molar refractivity (Wildman–Crippen MR) is 142 cm³/mol. The summed E-state index contributed by atoms with van der Waals surface area (Å²) in [5.74, 6) is 0.418. The number of aromatic amines is 1. The molecule has 36 heavy (non-hydrogen) atoms. The summed E-state index contributed by atoms with van der Waals surface area (Å²) in [5.41, 5.74) is 3.70. The Kier molecular flexibility index (Phi) is 8.28. The van der Waals surface area contributed by atoms with Gasteiger partial charge in [0.25, 0.3) is 5.91 Å². The summed E-state index contributed by atoms with van der Waals surface area (Å²) in [5, 5.41) is 13.9. The van der Waals surface area contributed by atoms with Crippen molar-refractivity contribution in [2.45, 2.75) is 20.0 Å². The van der Waals surface area contributed by atoms with Crippen molar-refractivity contribution >= 4 is 34.5 Å². The third kappa shape index (κ3) is 6.07. The minimum atomic E-state index is -0.448. The molecule has 4 aromatic rings. The van der Waals surface area contributed by atoms with Crippen LogP contribution in [0.5, 0.6) is 11.5 Å². The maximum atomic E-state index is 12.7. The van der Waals surface area contributed by atoms with Crippen LogP contribution < -0.4 is 14.8 Å². The van der Waals surface area contributed by atoms with E-state index in [-0.39, 0.29) is 5.57 Å². The lowest BCUT2D eigenvalue weighted by molar-refractivity contribution is -0.117. The maximum Gasteiger partial charge on any atom is 0.261 e. The van der Waals surface area contributed by atoms with Crippen molar-refractivity contribution in [1.29, 1.82) is 5.26 Å². The van der Waals surface area contributed by atoms with Crippen LogP contribution in [0.2, 0.25) is 5.02 Å². The average Bonchev–Trinajstić information content (AvgIpc) is 3.30. The van der Waals surface area contributed by atoms with E-state index in [4.69, 9.17) is 21.1 Å². The summed E-state index contributed by atoms with van der Waals surface area (Å²) in [6, 6.07) is 23.1. The fourth-order valence-corrected chi connectivity index (χ4v) is 4.14. The summed E-state index contributed by atoms with van der Waals surface area (Å²) >= 11 is 6.51. The van der Waals surface area contributed by atoms with Crippen molar-refractivity contribution in [2.24, 2.45) is 0 Å². The maximum absolute atomic E-state index is 12.7. The van der Waals surface area contributed by atoms with Crippen LogP contribution in [0, 0.1) is 11.3 Å². The van der Waals surface area contributed by atoms with Gasteiger partial charge in [-0.15, -0.1) is 0 Å². The largest absolute Gasteiger partial charge is 0.490 e. The Labute approximate surface area is 215 Å². The molecule has 0 aliphatic heterocycles. The highest BCUT2D eigenvalue weighted by Gasteiger charge is 2.15. The molecule has 0 aliphatic carbocycles. The Morgan fingerprint density at radius 2 is 1.89 bits per heavy atom. The third-order valence-electron chi connectivity index (χ3n) is 5.59. The first-order valence-corrected chi connectivity index (χ1v) is 12.0. The van der Waals surface area contributed by atoms with Gasteiger partial charge in [-0.1, -0.05) is 60.1 Å². The van der Waals surface area contributed by atoms with Crippen molar-refractivity contribution < 1.29 is 14.3 Å². The number of H-pyrrole nitrogens is 1. The number of carbonyl (C=O) groups is 1. The molecule has 0 saturated heterocycles. The van der Waals surface area contributed by atoms with E-state index in [0.717, 1.165) is 22.0 Å². The first-order chi connectivity index (χ1) is 17.6. The first-order valence-electron chi connectivity index (χ1n) is 11.7. The lowest BCUT2D eigenvalue weighted by Crippen LogP contribution is -2.26. The number of aromatic nitrogens is 1. The van der Waals surface area contributed by atoms with Gasteiger partial charge in [0.1, 0.15) is 18.2 Å². The number of halogens is 1. The van der Waals surface area contributed by atoms with Crippen LogP contribution in [0.25, 0.3) is 17.0 Å². The summed E-state index contributed by atoms with van der Waals surface area (Å²) < 4.78 is 11.7. The van der Waals surface area contributed by atoms with Crippen molar-refractivity contribution in [3.05, 3.63) is 100 Å². The van der Waals surface area contributed by atoms with Crippen molar-refractivity contribution in [3.8, 4) is 17.6 Å². The minimum absolute atomic E-state index is 0.0228. The normalized spacial score (nSPS) is 11.2. The summed E-state index contributed by atoms with van der Waals surface area (Å²) in [6.07, 6.45) is 4.08. The molecule has 1 aromatic heterocycles. The number of hydrogen-bond donors (Lipinski definition) is 2. The van der Waals surface area contributed by atoms with E-state index in [9.17, 15) is 10.1 Å². The monoisotopic (exact) mass is 499 g/mol. The molecule has 3 aromatic carbocycles. The van der Waals surface area contributed by atoms with Crippen LogP contribution in [0.1, 0.15) is 23.6 Å². The Balaban J connectivity index is 1.45. The molecule has 0 atom stereocenters. The van der Waals surface area contributed by atoms with Gasteiger partial charge in [-0.25, -0.2) is 0 Å². The molecule has 7 heteroatoms. The van der Waals surface area contributed by atoms with Gasteiger partial charge in [-0.05, 0) is 54.3 Å². The molecule has 0 saturated carbocycles. The highest BCUT2D eigenvalue weighted by atomic mass is 35.5. The second-order valence-electron chi connectivity index (χ2n) is 8.07. The van der Waals surface area contributed by atoms with E-state index in [1.165, 1.54) is 6.08 Å².